The van der Waals surface area contributed by atoms with E-state index < -0.39 is 36.2 Å². The number of benzene rings is 2. The second-order valence-corrected chi connectivity index (χ2v) is 10.7. The van der Waals surface area contributed by atoms with E-state index in [4.69, 9.17) is 27.9 Å². The standard InChI is InChI=1S/C27H32Cl2F2N2O3/c1-17(18-11-6-5-7-12-18)32-21(15-8-9-16-22(30)31)25(34)33(26(35)36-27(2,3)4)24(32)23-19(28)13-10-14-20(23)29/h5-7,10-14,17,21-22,24H,8-9,15-16H2,1-4H3/t17-,21+,24-/m1/s1. The van der Waals surface area contributed by atoms with Gasteiger partial charge in [-0.3, -0.25) is 9.69 Å². The van der Waals surface area contributed by atoms with Crippen LogP contribution < -0.4 is 0 Å². The molecule has 1 aliphatic rings. The first-order valence-corrected chi connectivity index (χ1v) is 12.8. The number of amides is 2. The zero-order chi connectivity index (χ0) is 26.6. The van der Waals surface area contributed by atoms with Crippen molar-refractivity contribution in [2.75, 3.05) is 0 Å². The quantitative estimate of drug-likeness (QED) is 0.318. The molecule has 1 fully saturated rings. The van der Waals surface area contributed by atoms with Gasteiger partial charge in [0.15, 0.2) is 0 Å². The van der Waals surface area contributed by atoms with Crippen LogP contribution in [0.15, 0.2) is 48.5 Å². The molecule has 5 nitrogen and oxygen atoms in total. The summed E-state index contributed by atoms with van der Waals surface area (Å²) in [6, 6.07) is 13.5. The molecular weight excluding hydrogens is 509 g/mol. The van der Waals surface area contributed by atoms with Crippen LogP contribution in [0.4, 0.5) is 13.6 Å². The Morgan fingerprint density at radius 1 is 1.03 bits per heavy atom. The number of alkyl halides is 2. The number of unbranched alkanes of at least 4 members (excludes halogenated alkanes) is 1. The van der Waals surface area contributed by atoms with Gasteiger partial charge in [0.1, 0.15) is 11.8 Å². The summed E-state index contributed by atoms with van der Waals surface area (Å²) in [5, 5.41) is 0.606. The molecule has 0 bridgehead atoms. The van der Waals surface area contributed by atoms with Crippen molar-refractivity contribution >= 4 is 35.2 Å². The van der Waals surface area contributed by atoms with Crippen molar-refractivity contribution in [2.45, 2.75) is 83.7 Å². The predicted octanol–water partition coefficient (Wildman–Crippen LogP) is 8.03. The summed E-state index contributed by atoms with van der Waals surface area (Å²) in [5.41, 5.74) is 0.484. The van der Waals surface area contributed by atoms with Crippen molar-refractivity contribution in [1.29, 1.82) is 0 Å². The lowest BCUT2D eigenvalue weighted by Crippen LogP contribution is -2.41. The predicted molar refractivity (Wildman–Crippen MR) is 137 cm³/mol. The number of rotatable bonds is 8. The number of nitrogens with zero attached hydrogens (tertiary/aromatic N) is 2. The van der Waals surface area contributed by atoms with Crippen molar-refractivity contribution in [3.05, 3.63) is 69.7 Å². The summed E-state index contributed by atoms with van der Waals surface area (Å²) in [6.07, 6.45) is -3.46. The van der Waals surface area contributed by atoms with Crippen LogP contribution in [0.2, 0.25) is 10.0 Å². The van der Waals surface area contributed by atoms with E-state index in [-0.39, 0.29) is 18.9 Å². The van der Waals surface area contributed by atoms with Gasteiger partial charge in [-0.2, -0.15) is 0 Å². The van der Waals surface area contributed by atoms with Crippen LogP contribution in [0.5, 0.6) is 0 Å². The molecule has 0 saturated carbocycles. The van der Waals surface area contributed by atoms with E-state index >= 15 is 0 Å². The molecule has 1 saturated heterocycles. The maximum absolute atomic E-state index is 13.9. The number of ether oxygens (including phenoxy) is 1. The molecule has 0 unspecified atom stereocenters. The molecule has 1 heterocycles. The number of carbonyl (C=O) groups is 2. The molecule has 0 aliphatic carbocycles. The molecule has 1 aliphatic heterocycles. The SMILES string of the molecule is C[C@H](c1ccccc1)N1[C@@H](CCCCC(F)F)C(=O)N(C(=O)OC(C)(C)C)[C@@H]1c1c(Cl)cccc1Cl. The molecule has 0 spiro atoms. The van der Waals surface area contributed by atoms with Gasteiger partial charge < -0.3 is 4.74 Å². The summed E-state index contributed by atoms with van der Waals surface area (Å²) in [4.78, 5) is 30.3. The summed E-state index contributed by atoms with van der Waals surface area (Å²) in [6.45, 7) is 7.09. The molecule has 2 aromatic rings. The Kier molecular flexibility index (Phi) is 9.36. The van der Waals surface area contributed by atoms with Gasteiger partial charge in [-0.15, -0.1) is 0 Å². The maximum atomic E-state index is 13.9. The Balaban J connectivity index is 2.13. The van der Waals surface area contributed by atoms with Crippen LogP contribution in [-0.2, 0) is 9.53 Å². The second-order valence-electron chi connectivity index (χ2n) is 9.92. The number of carbonyl (C=O) groups excluding carboxylic acids is 2. The number of halogens is 4. The first kappa shape index (κ1) is 28.4. The highest BCUT2D eigenvalue weighted by atomic mass is 35.5. The Morgan fingerprint density at radius 3 is 2.19 bits per heavy atom. The van der Waals surface area contributed by atoms with Crippen LogP contribution in [0.3, 0.4) is 0 Å². The highest BCUT2D eigenvalue weighted by Crippen LogP contribution is 2.47. The summed E-state index contributed by atoms with van der Waals surface area (Å²) in [7, 11) is 0. The van der Waals surface area contributed by atoms with E-state index in [0.29, 0.717) is 28.5 Å². The molecule has 36 heavy (non-hydrogen) atoms. The molecule has 0 N–H and O–H groups in total. The van der Waals surface area contributed by atoms with E-state index in [2.05, 4.69) is 0 Å². The molecule has 196 valence electrons. The molecule has 3 atom stereocenters. The lowest BCUT2D eigenvalue weighted by atomic mass is 10.0. The number of hydrogen-bond donors (Lipinski definition) is 0. The molecular formula is C27H32Cl2F2N2O3. The zero-order valence-electron chi connectivity index (χ0n) is 20.9. The third-order valence-electron chi connectivity index (χ3n) is 6.14. The van der Waals surface area contributed by atoms with Gasteiger partial charge in [0.2, 0.25) is 6.43 Å². The van der Waals surface area contributed by atoms with Gasteiger partial charge in [0.05, 0.1) is 6.04 Å². The van der Waals surface area contributed by atoms with E-state index in [1.165, 1.54) is 0 Å². The lowest BCUT2D eigenvalue weighted by molar-refractivity contribution is -0.129. The average Bonchev–Trinajstić information content (AvgIpc) is 3.07. The zero-order valence-corrected chi connectivity index (χ0v) is 22.4. The van der Waals surface area contributed by atoms with Crippen molar-refractivity contribution in [3.63, 3.8) is 0 Å². The molecule has 9 heteroatoms. The normalized spacial score (nSPS) is 19.7. The van der Waals surface area contributed by atoms with Crippen LogP contribution in [0, 0.1) is 0 Å². The van der Waals surface area contributed by atoms with Crippen LogP contribution in [0.1, 0.15) is 76.7 Å². The minimum absolute atomic E-state index is 0.245. The van der Waals surface area contributed by atoms with E-state index in [1.807, 2.05) is 42.2 Å². The molecule has 2 aromatic carbocycles. The third kappa shape index (κ3) is 6.55. The number of imide groups is 1. The van der Waals surface area contributed by atoms with E-state index in [0.717, 1.165) is 10.5 Å². The largest absolute Gasteiger partial charge is 0.443 e. The highest BCUT2D eigenvalue weighted by Gasteiger charge is 2.53. The van der Waals surface area contributed by atoms with Crippen LogP contribution >= 0.6 is 23.2 Å². The first-order chi connectivity index (χ1) is 16.9. The molecule has 0 aromatic heterocycles. The Hall–Kier alpha value is -2.22. The summed E-state index contributed by atoms with van der Waals surface area (Å²) < 4.78 is 31.1. The Morgan fingerprint density at radius 2 is 1.64 bits per heavy atom. The van der Waals surface area contributed by atoms with Gasteiger partial charge in [-0.25, -0.2) is 18.5 Å². The van der Waals surface area contributed by atoms with Crippen molar-refractivity contribution < 1.29 is 23.1 Å². The maximum Gasteiger partial charge on any atom is 0.418 e. The topological polar surface area (TPSA) is 49.9 Å². The monoisotopic (exact) mass is 540 g/mol. The number of hydrogen-bond acceptors (Lipinski definition) is 4. The van der Waals surface area contributed by atoms with Crippen molar-refractivity contribution in [2.24, 2.45) is 0 Å². The van der Waals surface area contributed by atoms with Crippen molar-refractivity contribution in [3.8, 4) is 0 Å². The summed E-state index contributed by atoms with van der Waals surface area (Å²) in [5.74, 6) is -0.468. The van der Waals surface area contributed by atoms with Crippen LogP contribution in [-0.4, -0.2) is 39.9 Å². The van der Waals surface area contributed by atoms with Crippen LogP contribution in [0.25, 0.3) is 0 Å². The van der Waals surface area contributed by atoms with E-state index in [1.54, 1.807) is 39.0 Å². The minimum Gasteiger partial charge on any atom is -0.443 e. The van der Waals surface area contributed by atoms with Gasteiger partial charge in [0.25, 0.3) is 5.91 Å². The average molecular weight is 541 g/mol. The smallest absolute Gasteiger partial charge is 0.418 e. The van der Waals surface area contributed by atoms with E-state index in [9.17, 15) is 18.4 Å². The Bertz CT molecular complexity index is 1040. The Labute approximate surface area is 221 Å². The molecule has 0 radical (unpaired) electrons. The molecule has 2 amide bonds. The highest BCUT2D eigenvalue weighted by molar-refractivity contribution is 6.36. The van der Waals surface area contributed by atoms with Gasteiger partial charge >= 0.3 is 6.09 Å². The van der Waals surface area contributed by atoms with Gasteiger partial charge in [-0.1, -0.05) is 66.0 Å². The fourth-order valence-corrected chi connectivity index (χ4v) is 5.14. The fraction of sp³-hybridized carbons (Fsp3) is 0.481. The third-order valence-corrected chi connectivity index (χ3v) is 6.80. The fourth-order valence-electron chi connectivity index (χ4n) is 4.54. The van der Waals surface area contributed by atoms with Gasteiger partial charge in [-0.05, 0) is 58.2 Å². The first-order valence-electron chi connectivity index (χ1n) is 12.0. The second kappa shape index (κ2) is 11.9. The summed E-state index contributed by atoms with van der Waals surface area (Å²) >= 11 is 13.2. The minimum atomic E-state index is -2.41. The molecule has 3 rings (SSSR count). The lowest BCUT2D eigenvalue weighted by Gasteiger charge is -2.36. The van der Waals surface area contributed by atoms with Gasteiger partial charge in [0, 0.05) is 28.1 Å². The van der Waals surface area contributed by atoms with Crippen molar-refractivity contribution in [1.82, 2.24) is 9.80 Å².